The van der Waals surface area contributed by atoms with Gasteiger partial charge in [-0.2, -0.15) is 0 Å². The summed E-state index contributed by atoms with van der Waals surface area (Å²) in [6, 6.07) is 5.66. The zero-order chi connectivity index (χ0) is 15.0. The fraction of sp³-hybridized carbons (Fsp3) is 0.562. The van der Waals surface area contributed by atoms with Gasteiger partial charge in [-0.05, 0) is 49.3 Å². The van der Waals surface area contributed by atoms with Crippen molar-refractivity contribution in [1.82, 2.24) is 4.90 Å². The Hall–Kier alpha value is -0.770. The molecule has 1 aromatic rings. The van der Waals surface area contributed by atoms with Crippen molar-refractivity contribution in [2.24, 2.45) is 17.6 Å². The molecule has 0 unspecified atom stereocenters. The molecule has 2 N–H and O–H groups in total. The first-order chi connectivity index (χ1) is 10.1. The molecule has 0 radical (unpaired) electrons. The van der Waals surface area contributed by atoms with Crippen molar-refractivity contribution in [2.45, 2.75) is 25.2 Å². The molecule has 3 rings (SSSR count). The van der Waals surface area contributed by atoms with E-state index in [-0.39, 0.29) is 17.7 Å². The minimum absolute atomic E-state index is 0.0791. The highest BCUT2D eigenvalue weighted by Gasteiger charge is 2.47. The van der Waals surface area contributed by atoms with Crippen molar-refractivity contribution in [3.05, 3.63) is 33.8 Å². The molecule has 5 heteroatoms. The van der Waals surface area contributed by atoms with Gasteiger partial charge in [0.15, 0.2) is 0 Å². The molecule has 1 aromatic carbocycles. The van der Waals surface area contributed by atoms with E-state index in [4.69, 9.17) is 28.9 Å². The van der Waals surface area contributed by atoms with Crippen LogP contribution >= 0.6 is 23.2 Å². The highest BCUT2D eigenvalue weighted by atomic mass is 35.5. The van der Waals surface area contributed by atoms with Crippen LogP contribution in [0.1, 0.15) is 30.7 Å². The number of carbonyl (C=O) groups excluding carboxylic acids is 1. The topological polar surface area (TPSA) is 46.3 Å². The van der Waals surface area contributed by atoms with E-state index in [2.05, 4.69) is 0 Å². The molecule has 0 bridgehead atoms. The van der Waals surface area contributed by atoms with Crippen LogP contribution in [0.2, 0.25) is 10.0 Å². The van der Waals surface area contributed by atoms with Gasteiger partial charge in [-0.15, -0.1) is 0 Å². The standard InChI is InChI=1S/C16H20Cl2N2O/c17-14-3-1-2-11(15(14)18)12-8-13(12)16(21)20-6-4-10(9-19)5-7-20/h1-3,10,12-13H,4-9,19H2/t12-,13+/m0/s1. The van der Waals surface area contributed by atoms with Crippen molar-refractivity contribution in [3.8, 4) is 0 Å². The number of nitrogens with two attached hydrogens (primary N) is 1. The lowest BCUT2D eigenvalue weighted by atomic mass is 9.96. The molecule has 2 aliphatic rings. The normalized spacial score (nSPS) is 26.0. The van der Waals surface area contributed by atoms with Crippen LogP contribution in [0.4, 0.5) is 0 Å². The number of piperidine rings is 1. The summed E-state index contributed by atoms with van der Waals surface area (Å²) in [6.07, 6.45) is 2.94. The number of nitrogens with zero attached hydrogens (tertiary/aromatic N) is 1. The monoisotopic (exact) mass is 326 g/mol. The quantitative estimate of drug-likeness (QED) is 0.926. The van der Waals surface area contributed by atoms with Crippen LogP contribution < -0.4 is 5.73 Å². The third-order valence-corrected chi connectivity index (χ3v) is 5.58. The van der Waals surface area contributed by atoms with Gasteiger partial charge < -0.3 is 10.6 Å². The van der Waals surface area contributed by atoms with Gasteiger partial charge in [0.1, 0.15) is 0 Å². The van der Waals surface area contributed by atoms with Gasteiger partial charge in [0.05, 0.1) is 10.0 Å². The molecule has 1 heterocycles. The first-order valence-corrected chi connectivity index (χ1v) is 8.30. The van der Waals surface area contributed by atoms with Crippen LogP contribution in [0.15, 0.2) is 18.2 Å². The van der Waals surface area contributed by atoms with Crippen LogP contribution in [0.25, 0.3) is 0 Å². The van der Waals surface area contributed by atoms with E-state index < -0.39 is 0 Å². The molecule has 1 aliphatic carbocycles. The van der Waals surface area contributed by atoms with Gasteiger partial charge in [0, 0.05) is 19.0 Å². The maximum absolute atomic E-state index is 12.6. The fourth-order valence-electron chi connectivity index (χ4n) is 3.24. The maximum Gasteiger partial charge on any atom is 0.226 e. The summed E-state index contributed by atoms with van der Waals surface area (Å²) in [7, 11) is 0. The molecule has 1 saturated heterocycles. The van der Waals surface area contributed by atoms with Crippen LogP contribution in [-0.4, -0.2) is 30.4 Å². The van der Waals surface area contributed by atoms with Crippen LogP contribution in [0, 0.1) is 11.8 Å². The third kappa shape index (κ3) is 3.05. The Balaban J connectivity index is 1.63. The van der Waals surface area contributed by atoms with Gasteiger partial charge in [-0.25, -0.2) is 0 Å². The van der Waals surface area contributed by atoms with E-state index in [0.29, 0.717) is 16.0 Å². The van der Waals surface area contributed by atoms with E-state index in [1.54, 1.807) is 6.07 Å². The second kappa shape index (κ2) is 6.15. The predicted molar refractivity (Wildman–Crippen MR) is 85.7 cm³/mol. The number of benzene rings is 1. The first-order valence-electron chi connectivity index (χ1n) is 7.54. The molecule has 2 fully saturated rings. The molecule has 21 heavy (non-hydrogen) atoms. The molecule has 0 spiro atoms. The second-order valence-corrected chi connectivity index (χ2v) is 6.88. The third-order valence-electron chi connectivity index (χ3n) is 4.75. The summed E-state index contributed by atoms with van der Waals surface area (Å²) in [5.41, 5.74) is 6.71. The highest BCUT2D eigenvalue weighted by Crippen LogP contribution is 2.51. The zero-order valence-electron chi connectivity index (χ0n) is 11.9. The lowest BCUT2D eigenvalue weighted by molar-refractivity contribution is -0.134. The Morgan fingerprint density at radius 2 is 2.00 bits per heavy atom. The van der Waals surface area contributed by atoms with Crippen molar-refractivity contribution >= 4 is 29.1 Å². The van der Waals surface area contributed by atoms with E-state index in [0.717, 1.165) is 44.5 Å². The number of hydrogen-bond acceptors (Lipinski definition) is 2. The lowest BCUT2D eigenvalue weighted by Crippen LogP contribution is -2.41. The average Bonchev–Trinajstić information content (AvgIpc) is 3.30. The number of amides is 1. The number of rotatable bonds is 3. The second-order valence-electron chi connectivity index (χ2n) is 6.10. The number of carbonyl (C=O) groups is 1. The average molecular weight is 327 g/mol. The van der Waals surface area contributed by atoms with Gasteiger partial charge in [0.2, 0.25) is 5.91 Å². The van der Waals surface area contributed by atoms with E-state index in [1.165, 1.54) is 0 Å². The molecule has 1 aliphatic heterocycles. The molecule has 3 nitrogen and oxygen atoms in total. The van der Waals surface area contributed by atoms with Crippen LogP contribution in [0.5, 0.6) is 0 Å². The van der Waals surface area contributed by atoms with E-state index >= 15 is 0 Å². The fourth-order valence-corrected chi connectivity index (χ4v) is 3.69. The van der Waals surface area contributed by atoms with E-state index in [9.17, 15) is 4.79 Å². The first kappa shape index (κ1) is 15.1. The Bertz CT molecular complexity index is 541. The smallest absolute Gasteiger partial charge is 0.226 e. The summed E-state index contributed by atoms with van der Waals surface area (Å²) < 4.78 is 0. The molecule has 114 valence electrons. The predicted octanol–water partition coefficient (Wildman–Crippen LogP) is 3.29. The molecule has 2 atom stereocenters. The number of halogens is 2. The number of likely N-dealkylation sites (tertiary alicyclic amines) is 1. The van der Waals surface area contributed by atoms with Gasteiger partial charge in [-0.3, -0.25) is 4.79 Å². The summed E-state index contributed by atoms with van der Waals surface area (Å²) in [6.45, 7) is 2.41. The summed E-state index contributed by atoms with van der Waals surface area (Å²) >= 11 is 12.3. The van der Waals surface area contributed by atoms with Crippen molar-refractivity contribution in [2.75, 3.05) is 19.6 Å². The zero-order valence-corrected chi connectivity index (χ0v) is 13.4. The van der Waals surface area contributed by atoms with Crippen LogP contribution in [0.3, 0.4) is 0 Å². The SMILES string of the molecule is NCC1CCN(C(=O)[C@@H]2C[C@H]2c2cccc(Cl)c2Cl)CC1. The van der Waals surface area contributed by atoms with Crippen LogP contribution in [-0.2, 0) is 4.79 Å². The molecule has 1 saturated carbocycles. The van der Waals surface area contributed by atoms with Gasteiger partial charge in [-0.1, -0.05) is 35.3 Å². The van der Waals surface area contributed by atoms with Crippen molar-refractivity contribution < 1.29 is 4.79 Å². The molecule has 1 amide bonds. The molecule has 0 aromatic heterocycles. The molecular formula is C16H20Cl2N2O. The largest absolute Gasteiger partial charge is 0.342 e. The Morgan fingerprint density at radius 3 is 2.67 bits per heavy atom. The maximum atomic E-state index is 12.6. The minimum Gasteiger partial charge on any atom is -0.342 e. The van der Waals surface area contributed by atoms with Crippen molar-refractivity contribution in [1.29, 1.82) is 0 Å². The number of hydrogen-bond donors (Lipinski definition) is 1. The Kier molecular flexibility index (Phi) is 4.43. The summed E-state index contributed by atoms with van der Waals surface area (Å²) in [5, 5.41) is 1.16. The highest BCUT2D eigenvalue weighted by molar-refractivity contribution is 6.42. The van der Waals surface area contributed by atoms with Crippen molar-refractivity contribution in [3.63, 3.8) is 0 Å². The Morgan fingerprint density at radius 1 is 1.29 bits per heavy atom. The van der Waals surface area contributed by atoms with Gasteiger partial charge >= 0.3 is 0 Å². The van der Waals surface area contributed by atoms with Gasteiger partial charge in [0.25, 0.3) is 0 Å². The van der Waals surface area contributed by atoms with E-state index in [1.807, 2.05) is 17.0 Å². The Labute approximate surface area is 135 Å². The summed E-state index contributed by atoms with van der Waals surface area (Å²) in [5.74, 6) is 1.16. The molecular weight excluding hydrogens is 307 g/mol. The minimum atomic E-state index is 0.0791. The summed E-state index contributed by atoms with van der Waals surface area (Å²) in [4.78, 5) is 14.5. The lowest BCUT2D eigenvalue weighted by Gasteiger charge is -2.31.